The molecule has 0 aromatic heterocycles. The molecular weight excluding hydrogens is 709 g/mol. The van der Waals surface area contributed by atoms with Crippen molar-refractivity contribution >= 4 is 32.3 Å². The minimum absolute atomic E-state index is 0. The standard InChI is InChI=1S/3C10H8O.2C6H6.4C3H8.CH4/c3*11-10-7-3-5-8-4-1-2-6-9(8)10;2*1-2-4-6-5-3-1;4*1-3-2;/h3*1-7,11H;2*1-6H;4*3H2,1-2H3;1H4. The molecule has 0 fully saturated rings. The molecule has 3 heteroatoms. The van der Waals surface area contributed by atoms with Crippen molar-refractivity contribution in [2.45, 2.75) is 88.5 Å². The zero-order valence-corrected chi connectivity index (χ0v) is 35.7. The molecule has 0 aliphatic rings. The molecule has 8 rings (SSSR count). The highest BCUT2D eigenvalue weighted by molar-refractivity contribution is 5.89. The molecule has 0 saturated heterocycles. The van der Waals surface area contributed by atoms with E-state index in [0.29, 0.717) is 17.2 Å². The maximum atomic E-state index is 9.37. The van der Waals surface area contributed by atoms with Gasteiger partial charge in [-0.15, -0.1) is 0 Å². The van der Waals surface area contributed by atoms with E-state index in [1.54, 1.807) is 18.2 Å². The van der Waals surface area contributed by atoms with E-state index >= 15 is 0 Å². The van der Waals surface area contributed by atoms with Gasteiger partial charge in [-0.1, -0.05) is 270 Å². The molecule has 0 saturated carbocycles. The number of fused-ring (bicyclic) bond motifs is 3. The van der Waals surface area contributed by atoms with Gasteiger partial charge in [-0.3, -0.25) is 0 Å². The Morgan fingerprint density at radius 2 is 0.397 bits per heavy atom. The first-order valence-electron chi connectivity index (χ1n) is 20.3. The molecule has 0 radical (unpaired) electrons. The first-order chi connectivity index (χ1) is 27.8. The predicted molar refractivity (Wildman–Crippen MR) is 260 cm³/mol. The zero-order valence-electron chi connectivity index (χ0n) is 35.7. The molecular formula is C55H72O3. The van der Waals surface area contributed by atoms with E-state index in [-0.39, 0.29) is 7.43 Å². The SMILES string of the molecule is C.CCC.CCC.CCC.CCC.Oc1cccc2ccccc12.Oc1cccc2ccccc12.Oc1cccc2ccccc12.c1ccccc1.c1ccccc1. The van der Waals surface area contributed by atoms with Crippen LogP contribution in [0.5, 0.6) is 17.2 Å². The molecule has 3 N–H and O–H groups in total. The lowest BCUT2D eigenvalue weighted by molar-refractivity contribution is 0.481. The van der Waals surface area contributed by atoms with Crippen molar-refractivity contribution in [2.24, 2.45) is 0 Å². The summed E-state index contributed by atoms with van der Waals surface area (Å²) in [6.07, 6.45) is 5.00. The average Bonchev–Trinajstić information content (AvgIpc) is 3.25. The van der Waals surface area contributed by atoms with Gasteiger partial charge < -0.3 is 15.3 Å². The summed E-state index contributed by atoms with van der Waals surface area (Å²) in [5, 5.41) is 34.1. The Balaban J connectivity index is 0. The van der Waals surface area contributed by atoms with Crippen molar-refractivity contribution in [3.63, 3.8) is 0 Å². The van der Waals surface area contributed by atoms with Crippen molar-refractivity contribution in [3.05, 3.63) is 200 Å². The number of hydrogen-bond donors (Lipinski definition) is 3. The van der Waals surface area contributed by atoms with Gasteiger partial charge in [0.2, 0.25) is 0 Å². The van der Waals surface area contributed by atoms with Crippen LogP contribution in [0.4, 0.5) is 0 Å². The molecule has 0 aliphatic heterocycles. The van der Waals surface area contributed by atoms with Gasteiger partial charge >= 0.3 is 0 Å². The number of hydrogen-bond acceptors (Lipinski definition) is 3. The monoisotopic (exact) mass is 781 g/mol. The summed E-state index contributed by atoms with van der Waals surface area (Å²) in [6, 6.07) is 63.9. The lowest BCUT2D eigenvalue weighted by Gasteiger charge is -1.97. The van der Waals surface area contributed by atoms with Crippen molar-refractivity contribution in [3.8, 4) is 17.2 Å². The molecule has 58 heavy (non-hydrogen) atoms. The third kappa shape index (κ3) is 25.2. The predicted octanol–water partition coefficient (Wildman–Crippen LogP) is 17.3. The lowest BCUT2D eigenvalue weighted by atomic mass is 10.1. The Morgan fingerprint density at radius 1 is 0.241 bits per heavy atom. The van der Waals surface area contributed by atoms with E-state index in [1.165, 1.54) is 25.7 Å². The molecule has 0 heterocycles. The van der Waals surface area contributed by atoms with Gasteiger partial charge in [-0.2, -0.15) is 0 Å². The Labute approximate surface area is 352 Å². The van der Waals surface area contributed by atoms with Gasteiger partial charge in [0.1, 0.15) is 17.2 Å². The van der Waals surface area contributed by atoms with Gasteiger partial charge in [0.05, 0.1) is 0 Å². The Hall–Kier alpha value is -6.06. The van der Waals surface area contributed by atoms with Crippen LogP contribution >= 0.6 is 0 Å². The van der Waals surface area contributed by atoms with Crippen molar-refractivity contribution < 1.29 is 15.3 Å². The molecule has 0 aliphatic carbocycles. The highest BCUT2D eigenvalue weighted by Crippen LogP contribution is 2.24. The van der Waals surface area contributed by atoms with E-state index < -0.39 is 0 Å². The van der Waals surface area contributed by atoms with Crippen LogP contribution in [0.25, 0.3) is 32.3 Å². The van der Waals surface area contributed by atoms with E-state index in [9.17, 15) is 15.3 Å². The normalized spacial score (nSPS) is 8.69. The van der Waals surface area contributed by atoms with E-state index in [2.05, 4.69) is 55.4 Å². The molecule has 0 atom stereocenters. The van der Waals surface area contributed by atoms with E-state index in [4.69, 9.17) is 0 Å². The second-order valence-corrected chi connectivity index (χ2v) is 12.6. The Kier molecular flexibility index (Phi) is 35.3. The first-order valence-corrected chi connectivity index (χ1v) is 20.3. The topological polar surface area (TPSA) is 60.7 Å². The Bertz CT molecular complexity index is 1770. The maximum absolute atomic E-state index is 9.37. The molecule has 0 bridgehead atoms. The van der Waals surface area contributed by atoms with Crippen molar-refractivity contribution in [1.29, 1.82) is 0 Å². The highest BCUT2D eigenvalue weighted by Gasteiger charge is 1.96. The number of phenolic OH excluding ortho intramolecular Hbond substituents is 3. The van der Waals surface area contributed by atoms with Gasteiger partial charge in [0, 0.05) is 16.2 Å². The summed E-state index contributed by atoms with van der Waals surface area (Å²) in [6.45, 7) is 17.0. The number of benzene rings is 8. The summed E-state index contributed by atoms with van der Waals surface area (Å²) in [4.78, 5) is 0. The van der Waals surface area contributed by atoms with Crippen LogP contribution in [0.3, 0.4) is 0 Å². The van der Waals surface area contributed by atoms with Gasteiger partial charge in [0.15, 0.2) is 0 Å². The smallest absolute Gasteiger partial charge is 0.123 e. The maximum Gasteiger partial charge on any atom is 0.123 e. The molecule has 310 valence electrons. The first kappa shape index (κ1) is 54.0. The number of rotatable bonds is 0. The van der Waals surface area contributed by atoms with Crippen molar-refractivity contribution in [1.82, 2.24) is 0 Å². The summed E-state index contributed by atoms with van der Waals surface area (Å²) in [7, 11) is 0. The summed E-state index contributed by atoms with van der Waals surface area (Å²) in [5.41, 5.74) is 0. The van der Waals surface area contributed by atoms with Crippen LogP contribution in [-0.4, -0.2) is 15.3 Å². The summed E-state index contributed by atoms with van der Waals surface area (Å²) >= 11 is 0. The van der Waals surface area contributed by atoms with Crippen LogP contribution < -0.4 is 0 Å². The summed E-state index contributed by atoms with van der Waals surface area (Å²) in [5.74, 6) is 1.05. The number of aromatic hydroxyl groups is 3. The average molecular weight is 781 g/mol. The van der Waals surface area contributed by atoms with Crippen LogP contribution in [0.1, 0.15) is 88.5 Å². The second kappa shape index (κ2) is 37.8. The third-order valence-electron chi connectivity index (χ3n) is 6.63. The molecule has 0 spiro atoms. The van der Waals surface area contributed by atoms with E-state index in [1.807, 2.05) is 182 Å². The minimum atomic E-state index is 0. The van der Waals surface area contributed by atoms with Gasteiger partial charge in [0.25, 0.3) is 0 Å². The molecule has 0 amide bonds. The lowest BCUT2D eigenvalue weighted by Crippen LogP contribution is -1.70. The minimum Gasteiger partial charge on any atom is -0.507 e. The van der Waals surface area contributed by atoms with Crippen LogP contribution in [0.2, 0.25) is 0 Å². The van der Waals surface area contributed by atoms with Gasteiger partial charge in [-0.05, 0) is 34.4 Å². The van der Waals surface area contributed by atoms with E-state index in [0.717, 1.165) is 32.3 Å². The second-order valence-electron chi connectivity index (χ2n) is 12.6. The largest absolute Gasteiger partial charge is 0.507 e. The number of phenols is 3. The van der Waals surface area contributed by atoms with Gasteiger partial charge in [-0.25, -0.2) is 0 Å². The van der Waals surface area contributed by atoms with Crippen LogP contribution in [0, 0.1) is 0 Å². The molecule has 8 aromatic rings. The fraction of sp³-hybridized carbons (Fsp3) is 0.236. The fourth-order valence-corrected chi connectivity index (χ4v) is 4.39. The molecule has 0 unspecified atom stereocenters. The van der Waals surface area contributed by atoms with Crippen LogP contribution in [-0.2, 0) is 0 Å². The summed E-state index contributed by atoms with van der Waals surface area (Å²) < 4.78 is 0. The third-order valence-corrected chi connectivity index (χ3v) is 6.63. The highest BCUT2D eigenvalue weighted by atomic mass is 16.3. The molecule has 8 aromatic carbocycles. The quantitative estimate of drug-likeness (QED) is 0.144. The zero-order chi connectivity index (χ0) is 42.4. The fourth-order valence-electron chi connectivity index (χ4n) is 4.39. The molecule has 3 nitrogen and oxygen atoms in total. The van der Waals surface area contributed by atoms with Crippen molar-refractivity contribution in [2.75, 3.05) is 0 Å². The Morgan fingerprint density at radius 3 is 0.569 bits per heavy atom. The van der Waals surface area contributed by atoms with Crippen LogP contribution in [0.15, 0.2) is 200 Å².